The lowest BCUT2D eigenvalue weighted by atomic mass is 10.1. The van der Waals surface area contributed by atoms with Crippen LogP contribution in [0, 0.1) is 0 Å². The molecule has 1 aliphatic carbocycles. The number of rotatable bonds is 7. The Labute approximate surface area is 157 Å². The van der Waals surface area contributed by atoms with Crippen LogP contribution in [0.15, 0.2) is 24.3 Å². The van der Waals surface area contributed by atoms with Crippen LogP contribution in [0.4, 0.5) is 13.2 Å². The van der Waals surface area contributed by atoms with Crippen molar-refractivity contribution in [2.45, 2.75) is 50.7 Å². The third kappa shape index (κ3) is 6.34. The van der Waals surface area contributed by atoms with Crippen molar-refractivity contribution >= 4 is 18.3 Å². The molecule has 1 atom stereocenters. The van der Waals surface area contributed by atoms with E-state index in [9.17, 15) is 18.0 Å². The Morgan fingerprint density at radius 2 is 1.92 bits per heavy atom. The molecule has 1 unspecified atom stereocenters. The summed E-state index contributed by atoms with van der Waals surface area (Å²) >= 11 is 0. The van der Waals surface area contributed by atoms with Crippen molar-refractivity contribution in [1.82, 2.24) is 4.90 Å². The van der Waals surface area contributed by atoms with Crippen LogP contribution in [0.25, 0.3) is 0 Å². The summed E-state index contributed by atoms with van der Waals surface area (Å²) in [5.74, 6) is -0.623. The van der Waals surface area contributed by atoms with Crippen molar-refractivity contribution in [1.29, 1.82) is 0 Å². The minimum absolute atomic E-state index is 0. The van der Waals surface area contributed by atoms with Crippen molar-refractivity contribution in [3.8, 4) is 5.75 Å². The van der Waals surface area contributed by atoms with Gasteiger partial charge in [-0.25, -0.2) is 0 Å². The van der Waals surface area contributed by atoms with Gasteiger partial charge in [-0.2, -0.15) is 0 Å². The van der Waals surface area contributed by atoms with Crippen LogP contribution >= 0.6 is 12.4 Å². The van der Waals surface area contributed by atoms with Crippen molar-refractivity contribution in [2.75, 3.05) is 13.7 Å². The van der Waals surface area contributed by atoms with Gasteiger partial charge in [-0.15, -0.1) is 25.6 Å². The van der Waals surface area contributed by atoms with Crippen molar-refractivity contribution in [2.24, 2.45) is 5.73 Å². The van der Waals surface area contributed by atoms with Gasteiger partial charge in [0.15, 0.2) is 0 Å². The molecule has 0 aliphatic heterocycles. The quantitative estimate of drug-likeness (QED) is 0.768. The van der Waals surface area contributed by atoms with E-state index in [-0.39, 0.29) is 43.3 Å². The Balaban J connectivity index is 0.00000338. The summed E-state index contributed by atoms with van der Waals surface area (Å²) in [4.78, 5) is 14.2. The molecule has 148 valence electrons. The van der Waals surface area contributed by atoms with E-state index in [2.05, 4.69) is 4.74 Å². The summed E-state index contributed by atoms with van der Waals surface area (Å²) in [5, 5.41) is 0. The van der Waals surface area contributed by atoms with Gasteiger partial charge in [0, 0.05) is 25.3 Å². The van der Waals surface area contributed by atoms with Crippen LogP contribution in [0.3, 0.4) is 0 Å². The maximum atomic E-state index is 12.7. The molecule has 2 N–H and O–H groups in total. The number of methoxy groups -OCH3 is 1. The number of hydrogen-bond donors (Lipinski definition) is 1. The minimum atomic E-state index is -4.79. The highest BCUT2D eigenvalue weighted by Gasteiger charge is 2.34. The highest BCUT2D eigenvalue weighted by molar-refractivity contribution is 5.85. The first-order chi connectivity index (χ1) is 11.8. The number of nitrogens with zero attached hydrogens (tertiary/aromatic N) is 1. The van der Waals surface area contributed by atoms with Crippen molar-refractivity contribution in [3.05, 3.63) is 29.8 Å². The SMILES string of the molecule is COCC(N)C(=O)N(Cc1ccccc1OC(F)(F)F)C1CCCC1.Cl. The minimum Gasteiger partial charge on any atom is -0.405 e. The molecule has 1 fully saturated rings. The standard InChI is InChI=1S/C17H23F3N2O3.ClH/c1-24-11-14(21)16(23)22(13-7-3-4-8-13)10-12-6-2-5-9-15(12)25-17(18,19)20;/h2,5-6,9,13-14H,3-4,7-8,10-11,21H2,1H3;1H. The van der Waals surface area contributed by atoms with Crippen molar-refractivity contribution < 1.29 is 27.4 Å². The van der Waals surface area contributed by atoms with Crippen molar-refractivity contribution in [3.63, 3.8) is 0 Å². The molecule has 2 rings (SSSR count). The number of amides is 1. The first-order valence-electron chi connectivity index (χ1n) is 8.20. The van der Waals surface area contributed by atoms with E-state index in [1.807, 2.05) is 0 Å². The smallest absolute Gasteiger partial charge is 0.405 e. The Kier molecular flexibility index (Phi) is 8.66. The van der Waals surface area contributed by atoms with E-state index in [1.165, 1.54) is 25.3 Å². The molecule has 0 saturated heterocycles. The fraction of sp³-hybridized carbons (Fsp3) is 0.588. The number of halogens is 4. The van der Waals surface area contributed by atoms with Gasteiger partial charge in [-0.05, 0) is 18.9 Å². The molecule has 1 aromatic carbocycles. The second-order valence-corrected chi connectivity index (χ2v) is 6.12. The number of hydrogen-bond acceptors (Lipinski definition) is 4. The second kappa shape index (κ2) is 9.99. The first kappa shape index (κ1) is 22.5. The van der Waals surface area contributed by atoms with E-state index in [0.29, 0.717) is 5.56 Å². The molecule has 1 saturated carbocycles. The number of nitrogens with two attached hydrogens (primary N) is 1. The molecule has 0 heterocycles. The van der Waals surface area contributed by atoms with E-state index in [0.717, 1.165) is 25.7 Å². The molecular formula is C17H24ClF3N2O3. The molecule has 0 spiro atoms. The van der Waals surface area contributed by atoms with Crippen LogP contribution in [-0.2, 0) is 16.1 Å². The summed E-state index contributed by atoms with van der Waals surface area (Å²) in [6.45, 7) is 0.0793. The van der Waals surface area contributed by atoms with Crippen LogP contribution < -0.4 is 10.5 Å². The molecular weight excluding hydrogens is 373 g/mol. The van der Waals surface area contributed by atoms with Crippen LogP contribution in [0.2, 0.25) is 0 Å². The Bertz CT molecular complexity index is 581. The largest absolute Gasteiger partial charge is 0.573 e. The lowest BCUT2D eigenvalue weighted by molar-refractivity contribution is -0.275. The van der Waals surface area contributed by atoms with Gasteiger partial charge in [0.05, 0.1) is 6.61 Å². The van der Waals surface area contributed by atoms with Gasteiger partial charge in [0.2, 0.25) is 5.91 Å². The molecule has 26 heavy (non-hydrogen) atoms. The molecule has 0 bridgehead atoms. The van der Waals surface area contributed by atoms with Gasteiger partial charge < -0.3 is 20.1 Å². The van der Waals surface area contributed by atoms with E-state index in [4.69, 9.17) is 10.5 Å². The summed E-state index contributed by atoms with van der Waals surface area (Å²) < 4.78 is 46.8. The number of ether oxygens (including phenoxy) is 2. The average molecular weight is 397 g/mol. The monoisotopic (exact) mass is 396 g/mol. The Morgan fingerprint density at radius 1 is 1.31 bits per heavy atom. The average Bonchev–Trinajstić information content (AvgIpc) is 3.06. The van der Waals surface area contributed by atoms with Crippen LogP contribution in [-0.4, -0.2) is 43.0 Å². The molecule has 1 amide bonds. The lowest BCUT2D eigenvalue weighted by Crippen LogP contribution is -2.49. The number of carbonyl (C=O) groups excluding carboxylic acids is 1. The Hall–Kier alpha value is -1.51. The summed E-state index contributed by atoms with van der Waals surface area (Å²) in [5.41, 5.74) is 6.16. The lowest BCUT2D eigenvalue weighted by Gasteiger charge is -2.32. The zero-order valence-electron chi connectivity index (χ0n) is 14.5. The van der Waals surface area contributed by atoms with E-state index in [1.54, 1.807) is 11.0 Å². The highest BCUT2D eigenvalue weighted by Crippen LogP contribution is 2.30. The zero-order valence-corrected chi connectivity index (χ0v) is 15.3. The third-order valence-electron chi connectivity index (χ3n) is 4.25. The fourth-order valence-corrected chi connectivity index (χ4v) is 3.11. The Morgan fingerprint density at radius 3 is 2.50 bits per heavy atom. The molecule has 0 aromatic heterocycles. The van der Waals surface area contributed by atoms with Gasteiger partial charge in [0.25, 0.3) is 0 Å². The predicted molar refractivity (Wildman–Crippen MR) is 93.0 cm³/mol. The third-order valence-corrected chi connectivity index (χ3v) is 4.25. The number of para-hydroxylation sites is 1. The van der Waals surface area contributed by atoms with Gasteiger partial charge >= 0.3 is 6.36 Å². The highest BCUT2D eigenvalue weighted by atomic mass is 35.5. The molecule has 1 aliphatic rings. The van der Waals surface area contributed by atoms with E-state index >= 15 is 0 Å². The summed E-state index contributed by atoms with van der Waals surface area (Å²) in [7, 11) is 1.44. The summed E-state index contributed by atoms with van der Waals surface area (Å²) in [6, 6.07) is 4.97. The van der Waals surface area contributed by atoms with Crippen LogP contribution in [0.5, 0.6) is 5.75 Å². The molecule has 9 heteroatoms. The topological polar surface area (TPSA) is 64.8 Å². The molecule has 0 radical (unpaired) electrons. The predicted octanol–water partition coefficient (Wildman–Crippen LogP) is 3.25. The number of benzene rings is 1. The van der Waals surface area contributed by atoms with Gasteiger partial charge in [-0.3, -0.25) is 4.79 Å². The fourth-order valence-electron chi connectivity index (χ4n) is 3.11. The number of alkyl halides is 3. The number of carbonyl (C=O) groups is 1. The zero-order chi connectivity index (χ0) is 18.4. The van der Waals surface area contributed by atoms with Gasteiger partial charge in [-0.1, -0.05) is 31.0 Å². The first-order valence-corrected chi connectivity index (χ1v) is 8.20. The normalized spacial score (nSPS) is 16.0. The molecule has 1 aromatic rings. The maximum absolute atomic E-state index is 12.7. The second-order valence-electron chi connectivity index (χ2n) is 6.12. The van der Waals surface area contributed by atoms with E-state index < -0.39 is 12.4 Å². The molecule has 5 nitrogen and oxygen atoms in total. The van der Waals surface area contributed by atoms with Gasteiger partial charge in [0.1, 0.15) is 11.8 Å². The summed E-state index contributed by atoms with van der Waals surface area (Å²) in [6.07, 6.45) is -1.20. The van der Waals surface area contributed by atoms with Crippen LogP contribution in [0.1, 0.15) is 31.2 Å². The maximum Gasteiger partial charge on any atom is 0.573 e.